The van der Waals surface area contributed by atoms with E-state index < -0.39 is 0 Å². The molecule has 0 bridgehead atoms. The lowest BCUT2D eigenvalue weighted by Crippen LogP contribution is -2.58. The van der Waals surface area contributed by atoms with Crippen molar-refractivity contribution in [2.45, 2.75) is 64.8 Å². The average molecular weight is 294 g/mol. The summed E-state index contributed by atoms with van der Waals surface area (Å²) in [5.74, 6) is 0. The third kappa shape index (κ3) is 3.84. The molecule has 2 rings (SSSR count). The Hall–Kier alpha value is -0.910. The molecule has 5 heteroatoms. The van der Waals surface area contributed by atoms with Crippen LogP contribution in [0.15, 0.2) is 12.5 Å². The van der Waals surface area contributed by atoms with Gasteiger partial charge in [0.15, 0.2) is 0 Å². The SMILES string of the molecule is CCCn1cncc1C(CN)N1CC(C)(C)OC(C)(C)C1. The third-order valence-corrected chi connectivity index (χ3v) is 3.93. The molecule has 1 fully saturated rings. The molecule has 1 aromatic rings. The Morgan fingerprint density at radius 2 is 1.90 bits per heavy atom. The molecular weight excluding hydrogens is 264 g/mol. The first-order chi connectivity index (χ1) is 9.78. The van der Waals surface area contributed by atoms with Gasteiger partial charge < -0.3 is 15.0 Å². The number of hydrogen-bond donors (Lipinski definition) is 1. The molecule has 5 nitrogen and oxygen atoms in total. The van der Waals surface area contributed by atoms with Crippen molar-refractivity contribution in [3.63, 3.8) is 0 Å². The highest BCUT2D eigenvalue weighted by Crippen LogP contribution is 2.33. The molecule has 0 radical (unpaired) electrons. The van der Waals surface area contributed by atoms with Gasteiger partial charge in [0.2, 0.25) is 0 Å². The Morgan fingerprint density at radius 3 is 2.43 bits per heavy atom. The van der Waals surface area contributed by atoms with Gasteiger partial charge in [-0.3, -0.25) is 4.90 Å². The summed E-state index contributed by atoms with van der Waals surface area (Å²) in [6, 6.07) is 0.196. The van der Waals surface area contributed by atoms with Crippen LogP contribution in [0.25, 0.3) is 0 Å². The summed E-state index contributed by atoms with van der Waals surface area (Å²) in [6.07, 6.45) is 4.97. The molecular formula is C16H30N4O. The number of nitrogens with two attached hydrogens (primary N) is 1. The van der Waals surface area contributed by atoms with Crippen LogP contribution in [0.2, 0.25) is 0 Å². The Labute approximate surface area is 128 Å². The summed E-state index contributed by atoms with van der Waals surface area (Å²) < 4.78 is 8.41. The van der Waals surface area contributed by atoms with Crippen LogP contribution in [-0.4, -0.2) is 45.3 Å². The highest BCUT2D eigenvalue weighted by Gasteiger charge is 2.41. The zero-order valence-corrected chi connectivity index (χ0v) is 14.1. The van der Waals surface area contributed by atoms with Crippen LogP contribution in [0.4, 0.5) is 0 Å². The second-order valence-electron chi connectivity index (χ2n) is 7.29. The van der Waals surface area contributed by atoms with Gasteiger partial charge in [-0.1, -0.05) is 6.92 Å². The number of hydrogen-bond acceptors (Lipinski definition) is 4. The van der Waals surface area contributed by atoms with Gasteiger partial charge in [-0.2, -0.15) is 0 Å². The minimum atomic E-state index is -0.162. The Bertz CT molecular complexity index is 451. The summed E-state index contributed by atoms with van der Waals surface area (Å²) >= 11 is 0. The fourth-order valence-electron chi connectivity index (χ4n) is 3.56. The maximum Gasteiger partial charge on any atom is 0.0948 e. The van der Waals surface area contributed by atoms with Crippen LogP contribution >= 0.6 is 0 Å². The summed E-state index contributed by atoms with van der Waals surface area (Å²) in [6.45, 7) is 14.1. The predicted molar refractivity (Wildman–Crippen MR) is 85.1 cm³/mol. The van der Waals surface area contributed by atoms with Crippen molar-refractivity contribution in [1.82, 2.24) is 14.5 Å². The van der Waals surface area contributed by atoms with Gasteiger partial charge in [0.1, 0.15) is 0 Å². The molecule has 1 aliphatic heterocycles. The highest BCUT2D eigenvalue weighted by atomic mass is 16.5. The first-order valence-electron chi connectivity index (χ1n) is 7.92. The van der Waals surface area contributed by atoms with E-state index in [1.807, 2.05) is 12.5 Å². The van der Waals surface area contributed by atoms with Gasteiger partial charge in [0.25, 0.3) is 0 Å². The molecule has 0 aliphatic carbocycles. The van der Waals surface area contributed by atoms with Crippen molar-refractivity contribution in [3.05, 3.63) is 18.2 Å². The maximum absolute atomic E-state index is 6.18. The van der Waals surface area contributed by atoms with E-state index in [1.54, 1.807) is 0 Å². The van der Waals surface area contributed by atoms with Gasteiger partial charge in [0, 0.05) is 32.4 Å². The fraction of sp³-hybridized carbons (Fsp3) is 0.812. The van der Waals surface area contributed by atoms with Crippen molar-refractivity contribution in [2.24, 2.45) is 5.73 Å². The number of imidazole rings is 1. The summed E-state index contributed by atoms with van der Waals surface area (Å²) in [7, 11) is 0. The standard InChI is InChI=1S/C16H30N4O/c1-6-7-19-12-18-9-14(19)13(8-17)20-10-15(2,3)21-16(4,5)11-20/h9,12-13H,6-8,10-11,17H2,1-5H3. The molecule has 0 saturated carbocycles. The minimum absolute atomic E-state index is 0.162. The molecule has 0 amide bonds. The van der Waals surface area contributed by atoms with E-state index in [2.05, 4.69) is 49.1 Å². The van der Waals surface area contributed by atoms with Gasteiger partial charge >= 0.3 is 0 Å². The number of aromatic nitrogens is 2. The van der Waals surface area contributed by atoms with Crippen molar-refractivity contribution in [3.8, 4) is 0 Å². The van der Waals surface area contributed by atoms with Crippen LogP contribution in [0.3, 0.4) is 0 Å². The highest BCUT2D eigenvalue weighted by molar-refractivity contribution is 5.08. The molecule has 21 heavy (non-hydrogen) atoms. The molecule has 1 unspecified atom stereocenters. The number of ether oxygens (including phenoxy) is 1. The summed E-state index contributed by atoms with van der Waals surface area (Å²) in [5, 5.41) is 0. The fourth-order valence-corrected chi connectivity index (χ4v) is 3.56. The van der Waals surface area contributed by atoms with Crippen LogP contribution < -0.4 is 5.73 Å². The first kappa shape index (κ1) is 16.5. The first-order valence-corrected chi connectivity index (χ1v) is 7.92. The lowest BCUT2D eigenvalue weighted by Gasteiger charge is -2.49. The number of aryl methyl sites for hydroxylation is 1. The van der Waals surface area contributed by atoms with Crippen LogP contribution in [-0.2, 0) is 11.3 Å². The smallest absolute Gasteiger partial charge is 0.0948 e. The molecule has 2 heterocycles. The van der Waals surface area contributed by atoms with E-state index in [0.29, 0.717) is 6.54 Å². The molecule has 120 valence electrons. The van der Waals surface area contributed by atoms with E-state index in [-0.39, 0.29) is 17.2 Å². The summed E-state index contributed by atoms with van der Waals surface area (Å²) in [4.78, 5) is 6.78. The van der Waals surface area contributed by atoms with Gasteiger partial charge in [-0.15, -0.1) is 0 Å². The van der Waals surface area contributed by atoms with Crippen molar-refractivity contribution in [2.75, 3.05) is 19.6 Å². The average Bonchev–Trinajstić information content (AvgIpc) is 2.75. The predicted octanol–water partition coefficient (Wildman–Crippen LogP) is 2.18. The number of rotatable bonds is 5. The lowest BCUT2D eigenvalue weighted by atomic mass is 9.96. The van der Waals surface area contributed by atoms with Gasteiger partial charge in [0.05, 0.1) is 29.3 Å². The number of morpholine rings is 1. The van der Waals surface area contributed by atoms with E-state index in [4.69, 9.17) is 10.5 Å². The maximum atomic E-state index is 6.18. The second kappa shape index (κ2) is 6.07. The molecule has 0 spiro atoms. The molecule has 1 saturated heterocycles. The number of nitrogens with zero attached hydrogens (tertiary/aromatic N) is 3. The van der Waals surface area contributed by atoms with E-state index in [9.17, 15) is 0 Å². The van der Waals surface area contributed by atoms with Crippen LogP contribution in [0, 0.1) is 0 Å². The molecule has 0 aromatic carbocycles. The zero-order chi connectivity index (χ0) is 15.7. The normalized spacial score (nSPS) is 23.1. The second-order valence-corrected chi connectivity index (χ2v) is 7.29. The monoisotopic (exact) mass is 294 g/mol. The largest absolute Gasteiger partial charge is 0.367 e. The van der Waals surface area contributed by atoms with Crippen LogP contribution in [0.5, 0.6) is 0 Å². The Kier molecular flexibility index (Phi) is 4.76. The van der Waals surface area contributed by atoms with Crippen molar-refractivity contribution >= 4 is 0 Å². The molecule has 2 N–H and O–H groups in total. The molecule has 1 aromatic heterocycles. The van der Waals surface area contributed by atoms with Crippen molar-refractivity contribution in [1.29, 1.82) is 0 Å². The topological polar surface area (TPSA) is 56.3 Å². The minimum Gasteiger partial charge on any atom is -0.367 e. The van der Waals surface area contributed by atoms with Crippen molar-refractivity contribution < 1.29 is 4.74 Å². The summed E-state index contributed by atoms with van der Waals surface area (Å²) in [5.41, 5.74) is 7.01. The van der Waals surface area contributed by atoms with E-state index in [0.717, 1.165) is 26.1 Å². The molecule has 1 aliphatic rings. The Morgan fingerprint density at radius 1 is 1.29 bits per heavy atom. The van der Waals surface area contributed by atoms with Gasteiger partial charge in [-0.25, -0.2) is 4.98 Å². The molecule has 1 atom stereocenters. The Balaban J connectivity index is 2.26. The quantitative estimate of drug-likeness (QED) is 0.904. The lowest BCUT2D eigenvalue weighted by molar-refractivity contribution is -0.188. The zero-order valence-electron chi connectivity index (χ0n) is 14.1. The van der Waals surface area contributed by atoms with E-state index >= 15 is 0 Å². The van der Waals surface area contributed by atoms with Gasteiger partial charge in [-0.05, 0) is 34.1 Å². The van der Waals surface area contributed by atoms with Crippen LogP contribution in [0.1, 0.15) is 52.8 Å². The third-order valence-electron chi connectivity index (χ3n) is 3.93. The van der Waals surface area contributed by atoms with E-state index in [1.165, 1.54) is 5.69 Å².